The number of ether oxygens (including phenoxy) is 1. The number of nitrogens with two attached hydrogens (primary N) is 1. The van der Waals surface area contributed by atoms with Crippen LogP contribution >= 0.6 is 0 Å². The Bertz CT molecular complexity index is 1120. The molecule has 2 amide bonds. The van der Waals surface area contributed by atoms with Gasteiger partial charge in [0.25, 0.3) is 0 Å². The molecule has 1 unspecified atom stereocenters. The molecule has 2 aliphatic heterocycles. The van der Waals surface area contributed by atoms with Gasteiger partial charge in [0.1, 0.15) is 17.3 Å². The molecular weight excluding hydrogens is 404 g/mol. The Morgan fingerprint density at radius 3 is 2.31 bits per heavy atom. The van der Waals surface area contributed by atoms with E-state index in [9.17, 15) is 9.59 Å². The van der Waals surface area contributed by atoms with Crippen LogP contribution in [-0.4, -0.2) is 29.9 Å². The van der Waals surface area contributed by atoms with Gasteiger partial charge in [0.2, 0.25) is 11.8 Å². The van der Waals surface area contributed by atoms with E-state index in [1.807, 2.05) is 60.7 Å². The van der Waals surface area contributed by atoms with Crippen molar-refractivity contribution in [1.82, 2.24) is 4.98 Å². The first-order valence-electron chi connectivity index (χ1n) is 10.8. The standard InChI is InChI=1S/C25H24N4O3/c26-24(30)16-6-5-13-29(15-16)22-12-11-17(14-27-22)28-25(31)23-18-7-1-3-9-20(18)32-21-10-4-2-8-19(21)23/h1-4,7-12,14,16,23H,5-6,13,15H2,(H2,26,30)(H,28,31). The second kappa shape index (κ2) is 8.34. The number of benzene rings is 2. The van der Waals surface area contributed by atoms with Gasteiger partial charge in [0.15, 0.2) is 0 Å². The molecule has 162 valence electrons. The van der Waals surface area contributed by atoms with Crippen molar-refractivity contribution in [3.63, 3.8) is 0 Å². The third kappa shape index (κ3) is 3.77. The van der Waals surface area contributed by atoms with Gasteiger partial charge < -0.3 is 20.7 Å². The second-order valence-electron chi connectivity index (χ2n) is 8.19. The molecule has 7 nitrogen and oxygen atoms in total. The molecule has 0 spiro atoms. The number of carbonyl (C=O) groups is 2. The van der Waals surface area contributed by atoms with Crippen molar-refractivity contribution in [2.24, 2.45) is 11.7 Å². The molecule has 1 atom stereocenters. The maximum atomic E-state index is 13.3. The van der Waals surface area contributed by atoms with E-state index < -0.39 is 5.92 Å². The first kappa shape index (κ1) is 20.1. The number of aromatic nitrogens is 1. The number of hydrogen-bond acceptors (Lipinski definition) is 5. The molecule has 3 heterocycles. The van der Waals surface area contributed by atoms with Crippen LogP contribution in [0.4, 0.5) is 11.5 Å². The third-order valence-corrected chi connectivity index (χ3v) is 6.11. The van der Waals surface area contributed by atoms with Gasteiger partial charge in [0, 0.05) is 24.2 Å². The lowest BCUT2D eigenvalue weighted by Crippen LogP contribution is -2.41. The number of piperidine rings is 1. The van der Waals surface area contributed by atoms with Gasteiger partial charge in [-0.1, -0.05) is 36.4 Å². The Labute approximate surface area is 186 Å². The van der Waals surface area contributed by atoms with Crippen LogP contribution in [0.25, 0.3) is 0 Å². The summed E-state index contributed by atoms with van der Waals surface area (Å²) < 4.78 is 5.99. The van der Waals surface area contributed by atoms with Crippen LogP contribution in [0.1, 0.15) is 29.9 Å². The molecule has 0 aliphatic carbocycles. The maximum Gasteiger partial charge on any atom is 0.236 e. The van der Waals surface area contributed by atoms with E-state index in [-0.39, 0.29) is 17.7 Å². The van der Waals surface area contributed by atoms with Crippen molar-refractivity contribution in [1.29, 1.82) is 0 Å². The number of hydrogen-bond donors (Lipinski definition) is 2. The van der Waals surface area contributed by atoms with Crippen LogP contribution < -0.4 is 20.7 Å². The Morgan fingerprint density at radius 1 is 1.00 bits per heavy atom. The lowest BCUT2D eigenvalue weighted by Gasteiger charge is -2.32. The zero-order valence-corrected chi connectivity index (χ0v) is 17.5. The van der Waals surface area contributed by atoms with E-state index in [1.165, 1.54) is 0 Å². The van der Waals surface area contributed by atoms with Crippen molar-refractivity contribution >= 4 is 23.3 Å². The Balaban J connectivity index is 1.35. The lowest BCUT2D eigenvalue weighted by atomic mass is 9.87. The number of para-hydroxylation sites is 2. The SMILES string of the molecule is NC(=O)C1CCCN(c2ccc(NC(=O)C3c4ccccc4Oc4ccccc43)cn2)C1. The van der Waals surface area contributed by atoms with Crippen molar-refractivity contribution in [2.75, 3.05) is 23.3 Å². The fourth-order valence-corrected chi connectivity index (χ4v) is 4.47. The molecule has 0 bridgehead atoms. The minimum absolute atomic E-state index is 0.144. The summed E-state index contributed by atoms with van der Waals surface area (Å²) in [4.78, 5) is 31.5. The first-order chi connectivity index (χ1) is 15.6. The molecular formula is C25H24N4O3. The van der Waals surface area contributed by atoms with Gasteiger partial charge in [-0.25, -0.2) is 4.98 Å². The Hall–Kier alpha value is -3.87. The average Bonchev–Trinajstić information content (AvgIpc) is 2.83. The Morgan fingerprint density at radius 2 is 1.69 bits per heavy atom. The van der Waals surface area contributed by atoms with E-state index in [4.69, 9.17) is 10.5 Å². The van der Waals surface area contributed by atoms with Gasteiger partial charge in [-0.15, -0.1) is 0 Å². The molecule has 1 aromatic heterocycles. The summed E-state index contributed by atoms with van der Waals surface area (Å²) in [5, 5.41) is 3.00. The van der Waals surface area contributed by atoms with E-state index in [0.717, 1.165) is 36.3 Å². The van der Waals surface area contributed by atoms with Crippen molar-refractivity contribution in [3.05, 3.63) is 78.0 Å². The van der Waals surface area contributed by atoms with Crippen molar-refractivity contribution in [3.8, 4) is 11.5 Å². The molecule has 2 aromatic carbocycles. The molecule has 32 heavy (non-hydrogen) atoms. The zero-order chi connectivity index (χ0) is 22.1. The summed E-state index contributed by atoms with van der Waals surface area (Å²) in [5.74, 6) is 1.11. The summed E-state index contributed by atoms with van der Waals surface area (Å²) >= 11 is 0. The number of nitrogens with one attached hydrogen (secondary N) is 1. The highest BCUT2D eigenvalue weighted by molar-refractivity contribution is 5.99. The van der Waals surface area contributed by atoms with Gasteiger partial charge in [-0.3, -0.25) is 9.59 Å². The van der Waals surface area contributed by atoms with Crippen LogP contribution in [0, 0.1) is 5.92 Å². The molecule has 3 N–H and O–H groups in total. The molecule has 1 saturated heterocycles. The van der Waals surface area contributed by atoms with Gasteiger partial charge in [-0.2, -0.15) is 0 Å². The normalized spacial score (nSPS) is 17.6. The van der Waals surface area contributed by atoms with Gasteiger partial charge in [0.05, 0.1) is 23.7 Å². The fraction of sp³-hybridized carbons (Fsp3) is 0.240. The molecule has 2 aliphatic rings. The highest BCUT2D eigenvalue weighted by Crippen LogP contribution is 2.44. The van der Waals surface area contributed by atoms with Crippen LogP contribution in [0.3, 0.4) is 0 Å². The summed E-state index contributed by atoms with van der Waals surface area (Å²) in [6.45, 7) is 1.40. The monoisotopic (exact) mass is 428 g/mol. The molecule has 5 rings (SSSR count). The van der Waals surface area contributed by atoms with E-state index in [0.29, 0.717) is 23.7 Å². The molecule has 7 heteroatoms. The third-order valence-electron chi connectivity index (χ3n) is 6.11. The number of nitrogens with zero attached hydrogens (tertiary/aromatic N) is 2. The molecule has 0 radical (unpaired) electrons. The fourth-order valence-electron chi connectivity index (χ4n) is 4.47. The van der Waals surface area contributed by atoms with Gasteiger partial charge >= 0.3 is 0 Å². The topological polar surface area (TPSA) is 97.6 Å². The smallest absolute Gasteiger partial charge is 0.236 e. The number of primary amides is 1. The predicted octanol–water partition coefficient (Wildman–Crippen LogP) is 3.66. The second-order valence-corrected chi connectivity index (χ2v) is 8.19. The Kier molecular flexibility index (Phi) is 5.23. The highest BCUT2D eigenvalue weighted by Gasteiger charge is 2.32. The quantitative estimate of drug-likeness (QED) is 0.661. The van der Waals surface area contributed by atoms with Crippen LogP contribution in [-0.2, 0) is 9.59 Å². The maximum absolute atomic E-state index is 13.3. The van der Waals surface area contributed by atoms with E-state index in [1.54, 1.807) is 6.20 Å². The van der Waals surface area contributed by atoms with Crippen molar-refractivity contribution in [2.45, 2.75) is 18.8 Å². The minimum Gasteiger partial charge on any atom is -0.457 e. The summed E-state index contributed by atoms with van der Waals surface area (Å²) in [5.41, 5.74) is 7.76. The van der Waals surface area contributed by atoms with Crippen molar-refractivity contribution < 1.29 is 14.3 Å². The number of amides is 2. The number of rotatable bonds is 4. The largest absolute Gasteiger partial charge is 0.457 e. The van der Waals surface area contributed by atoms with Crippen LogP contribution in [0.2, 0.25) is 0 Å². The average molecular weight is 428 g/mol. The number of fused-ring (bicyclic) bond motifs is 2. The lowest BCUT2D eigenvalue weighted by molar-refractivity contribution is -0.122. The van der Waals surface area contributed by atoms with Crippen LogP contribution in [0.15, 0.2) is 66.9 Å². The summed E-state index contributed by atoms with van der Waals surface area (Å²) in [7, 11) is 0. The summed E-state index contributed by atoms with van der Waals surface area (Å²) in [6, 6.07) is 18.9. The predicted molar refractivity (Wildman–Crippen MR) is 122 cm³/mol. The highest BCUT2D eigenvalue weighted by atomic mass is 16.5. The van der Waals surface area contributed by atoms with E-state index >= 15 is 0 Å². The summed E-state index contributed by atoms with van der Waals surface area (Å²) in [6.07, 6.45) is 3.36. The molecule has 3 aromatic rings. The number of anilines is 2. The zero-order valence-electron chi connectivity index (χ0n) is 17.5. The number of carbonyl (C=O) groups excluding carboxylic acids is 2. The van der Waals surface area contributed by atoms with Crippen LogP contribution in [0.5, 0.6) is 11.5 Å². The molecule has 0 saturated carbocycles. The van der Waals surface area contributed by atoms with Gasteiger partial charge in [-0.05, 0) is 37.1 Å². The molecule has 1 fully saturated rings. The first-order valence-corrected chi connectivity index (χ1v) is 10.8. The van der Waals surface area contributed by atoms with E-state index in [2.05, 4.69) is 15.2 Å². The number of pyridine rings is 1. The minimum atomic E-state index is -0.478.